The summed E-state index contributed by atoms with van der Waals surface area (Å²) in [5.41, 5.74) is 2.32. The van der Waals surface area contributed by atoms with Gasteiger partial charge in [-0.1, -0.05) is 38.1 Å². The number of nitrogens with one attached hydrogen (secondary N) is 1. The van der Waals surface area contributed by atoms with Crippen LogP contribution in [0.2, 0.25) is 0 Å². The average Bonchev–Trinajstić information content (AvgIpc) is 2.61. The first kappa shape index (κ1) is 18.0. The molecule has 24 heavy (non-hydrogen) atoms. The number of carbonyl (C=O) groups excluding carboxylic acids is 1. The largest absolute Gasteiger partial charge is 0.481 e. The maximum Gasteiger partial charge on any atom is 0.261 e. The lowest BCUT2D eigenvalue weighted by molar-refractivity contribution is -0.128. The van der Waals surface area contributed by atoms with Crippen molar-refractivity contribution in [1.29, 1.82) is 0 Å². The summed E-state index contributed by atoms with van der Waals surface area (Å²) in [6.45, 7) is 5.94. The van der Waals surface area contributed by atoms with Gasteiger partial charge in [-0.3, -0.25) is 4.79 Å². The molecule has 3 nitrogen and oxygen atoms in total. The summed E-state index contributed by atoms with van der Waals surface area (Å²) in [7, 11) is 0. The standard InChI is InChI=1S/C20H24FNO2/c1-4-15-6-8-16(9-7-15)14(3)22-20(23)19(5-2)24-18-12-10-17(21)11-13-18/h6-14,19H,4-5H2,1-3H3,(H,22,23)/t14-,19+/m0/s1. The Bertz CT molecular complexity index is 652. The highest BCUT2D eigenvalue weighted by atomic mass is 19.1. The molecule has 2 aromatic carbocycles. The quantitative estimate of drug-likeness (QED) is 0.816. The SMILES string of the molecule is CCc1ccc([C@H](C)NC(=O)[C@@H](CC)Oc2ccc(F)cc2)cc1. The average molecular weight is 329 g/mol. The molecule has 0 saturated carbocycles. The number of aryl methyl sites for hydroxylation is 1. The van der Waals surface area contributed by atoms with Crippen LogP contribution in [0.15, 0.2) is 48.5 Å². The predicted octanol–water partition coefficient (Wildman–Crippen LogP) is 4.42. The summed E-state index contributed by atoms with van der Waals surface area (Å²) >= 11 is 0. The van der Waals surface area contributed by atoms with Crippen LogP contribution in [0.1, 0.15) is 44.4 Å². The molecule has 2 atom stereocenters. The maximum absolute atomic E-state index is 12.9. The Hall–Kier alpha value is -2.36. The lowest BCUT2D eigenvalue weighted by Crippen LogP contribution is -2.39. The van der Waals surface area contributed by atoms with Crippen molar-refractivity contribution in [2.45, 2.75) is 45.8 Å². The zero-order chi connectivity index (χ0) is 17.5. The van der Waals surface area contributed by atoms with Crippen LogP contribution in [0.4, 0.5) is 4.39 Å². The molecule has 0 saturated heterocycles. The third-order valence-electron chi connectivity index (χ3n) is 4.00. The van der Waals surface area contributed by atoms with E-state index in [0.717, 1.165) is 12.0 Å². The molecule has 0 bridgehead atoms. The maximum atomic E-state index is 12.9. The molecule has 0 aromatic heterocycles. The van der Waals surface area contributed by atoms with Crippen molar-refractivity contribution in [3.05, 3.63) is 65.5 Å². The molecule has 1 amide bonds. The van der Waals surface area contributed by atoms with Crippen LogP contribution in [0.3, 0.4) is 0 Å². The van der Waals surface area contributed by atoms with Crippen LogP contribution in [0, 0.1) is 5.82 Å². The number of ether oxygens (including phenoxy) is 1. The zero-order valence-electron chi connectivity index (χ0n) is 14.4. The summed E-state index contributed by atoms with van der Waals surface area (Å²) in [4.78, 5) is 12.4. The van der Waals surface area contributed by atoms with Gasteiger partial charge in [0.1, 0.15) is 11.6 Å². The molecule has 0 aliphatic heterocycles. The zero-order valence-corrected chi connectivity index (χ0v) is 14.4. The van der Waals surface area contributed by atoms with Crippen LogP contribution in [-0.4, -0.2) is 12.0 Å². The first-order chi connectivity index (χ1) is 11.5. The lowest BCUT2D eigenvalue weighted by Gasteiger charge is -2.21. The molecule has 2 aromatic rings. The molecule has 0 fully saturated rings. The van der Waals surface area contributed by atoms with Gasteiger partial charge in [-0.15, -0.1) is 0 Å². The Morgan fingerprint density at radius 3 is 2.25 bits per heavy atom. The van der Waals surface area contributed by atoms with E-state index in [1.807, 2.05) is 26.0 Å². The highest BCUT2D eigenvalue weighted by molar-refractivity contribution is 5.81. The fraction of sp³-hybridized carbons (Fsp3) is 0.350. The minimum atomic E-state index is -0.604. The second-order valence-corrected chi connectivity index (χ2v) is 5.79. The van der Waals surface area contributed by atoms with Crippen molar-refractivity contribution >= 4 is 5.91 Å². The highest BCUT2D eigenvalue weighted by Gasteiger charge is 2.20. The number of hydrogen-bond acceptors (Lipinski definition) is 2. The first-order valence-corrected chi connectivity index (χ1v) is 8.35. The Labute approximate surface area is 142 Å². The van der Waals surface area contributed by atoms with Crippen LogP contribution >= 0.6 is 0 Å². The number of hydrogen-bond donors (Lipinski definition) is 1. The van der Waals surface area contributed by atoms with Crippen molar-refractivity contribution in [2.75, 3.05) is 0 Å². The second kappa shape index (κ2) is 8.48. The summed E-state index contributed by atoms with van der Waals surface area (Å²) < 4.78 is 18.6. The van der Waals surface area contributed by atoms with Crippen LogP contribution in [0.5, 0.6) is 5.75 Å². The van der Waals surface area contributed by atoms with Crippen molar-refractivity contribution < 1.29 is 13.9 Å². The molecular formula is C20H24FNO2. The van der Waals surface area contributed by atoms with E-state index in [0.29, 0.717) is 12.2 Å². The predicted molar refractivity (Wildman–Crippen MR) is 93.5 cm³/mol. The van der Waals surface area contributed by atoms with Crippen LogP contribution in [0.25, 0.3) is 0 Å². The third-order valence-corrected chi connectivity index (χ3v) is 4.00. The van der Waals surface area contributed by atoms with Crippen molar-refractivity contribution in [1.82, 2.24) is 5.32 Å². The van der Waals surface area contributed by atoms with Crippen LogP contribution in [-0.2, 0) is 11.2 Å². The molecule has 0 radical (unpaired) electrons. The smallest absolute Gasteiger partial charge is 0.261 e. The van der Waals surface area contributed by atoms with E-state index in [1.54, 1.807) is 0 Å². The van der Waals surface area contributed by atoms with Crippen molar-refractivity contribution in [3.8, 4) is 5.75 Å². The van der Waals surface area contributed by atoms with E-state index in [2.05, 4.69) is 24.4 Å². The number of benzene rings is 2. The van der Waals surface area contributed by atoms with Crippen molar-refractivity contribution in [3.63, 3.8) is 0 Å². The molecule has 0 aliphatic rings. The fourth-order valence-corrected chi connectivity index (χ4v) is 2.43. The van der Waals surface area contributed by atoms with E-state index in [9.17, 15) is 9.18 Å². The minimum absolute atomic E-state index is 0.103. The molecule has 128 valence electrons. The highest BCUT2D eigenvalue weighted by Crippen LogP contribution is 2.17. The minimum Gasteiger partial charge on any atom is -0.481 e. The summed E-state index contributed by atoms with van der Waals surface area (Å²) in [5, 5.41) is 2.98. The summed E-state index contributed by atoms with van der Waals surface area (Å²) in [6.07, 6.45) is 0.919. The van der Waals surface area contributed by atoms with E-state index in [4.69, 9.17) is 4.74 Å². The molecule has 0 unspecified atom stereocenters. The van der Waals surface area contributed by atoms with Gasteiger partial charge >= 0.3 is 0 Å². The van der Waals surface area contributed by atoms with Gasteiger partial charge in [-0.25, -0.2) is 4.39 Å². The summed E-state index contributed by atoms with van der Waals surface area (Å²) in [6, 6.07) is 13.8. The summed E-state index contributed by atoms with van der Waals surface area (Å²) in [5.74, 6) is -0.0174. The van der Waals surface area contributed by atoms with Gasteiger partial charge in [0, 0.05) is 0 Å². The number of halogens is 1. The van der Waals surface area contributed by atoms with Gasteiger partial charge in [0.15, 0.2) is 6.10 Å². The number of carbonyl (C=O) groups is 1. The van der Waals surface area contributed by atoms with Crippen molar-refractivity contribution in [2.24, 2.45) is 0 Å². The van der Waals surface area contributed by atoms with E-state index in [-0.39, 0.29) is 17.8 Å². The van der Waals surface area contributed by atoms with E-state index >= 15 is 0 Å². The number of rotatable bonds is 7. The Kier molecular flexibility index (Phi) is 6.36. The topological polar surface area (TPSA) is 38.3 Å². The first-order valence-electron chi connectivity index (χ1n) is 8.35. The molecule has 2 rings (SSSR count). The van der Waals surface area contributed by atoms with Gasteiger partial charge in [0.25, 0.3) is 5.91 Å². The molecule has 0 aliphatic carbocycles. The van der Waals surface area contributed by atoms with Crippen LogP contribution < -0.4 is 10.1 Å². The molecule has 0 heterocycles. The van der Waals surface area contributed by atoms with E-state index < -0.39 is 6.10 Å². The van der Waals surface area contributed by atoms with Gasteiger partial charge in [0.05, 0.1) is 6.04 Å². The fourth-order valence-electron chi connectivity index (χ4n) is 2.43. The van der Waals surface area contributed by atoms with Gasteiger partial charge in [-0.2, -0.15) is 0 Å². The number of amides is 1. The van der Waals surface area contributed by atoms with E-state index in [1.165, 1.54) is 29.8 Å². The Balaban J connectivity index is 1.98. The molecule has 1 N–H and O–H groups in total. The third kappa shape index (κ3) is 4.82. The lowest BCUT2D eigenvalue weighted by atomic mass is 10.0. The monoisotopic (exact) mass is 329 g/mol. The molecular weight excluding hydrogens is 305 g/mol. The second-order valence-electron chi connectivity index (χ2n) is 5.79. The molecule has 4 heteroatoms. The molecule has 0 spiro atoms. The van der Waals surface area contributed by atoms with Gasteiger partial charge in [-0.05, 0) is 55.2 Å². The van der Waals surface area contributed by atoms with Gasteiger partial charge in [0.2, 0.25) is 0 Å². The Morgan fingerprint density at radius 1 is 1.08 bits per heavy atom. The van der Waals surface area contributed by atoms with Gasteiger partial charge < -0.3 is 10.1 Å². The normalized spacial score (nSPS) is 13.2. The Morgan fingerprint density at radius 2 is 1.71 bits per heavy atom.